The molecule has 2 aliphatic rings. The van der Waals surface area contributed by atoms with E-state index in [4.69, 9.17) is 14.7 Å². The summed E-state index contributed by atoms with van der Waals surface area (Å²) in [6.45, 7) is 11.2. The molecule has 0 spiro atoms. The van der Waals surface area contributed by atoms with Crippen molar-refractivity contribution in [2.24, 2.45) is 0 Å². The largest absolute Gasteiger partial charge is 0.372 e. The number of nitrogens with zero attached hydrogens (tertiary/aromatic N) is 4. The highest BCUT2D eigenvalue weighted by atomic mass is 16.5. The molecule has 2 aliphatic heterocycles. The summed E-state index contributed by atoms with van der Waals surface area (Å²) in [6, 6.07) is 8.18. The summed E-state index contributed by atoms with van der Waals surface area (Å²) in [7, 11) is 0. The van der Waals surface area contributed by atoms with E-state index in [-0.39, 0.29) is 18.1 Å². The number of carbonyl (C=O) groups excluding carboxylic acids is 1. The number of aromatic nitrogens is 2. The minimum Gasteiger partial charge on any atom is -0.372 e. The number of carbonyl (C=O) groups is 1. The third-order valence-corrected chi connectivity index (χ3v) is 6.43. The van der Waals surface area contributed by atoms with Gasteiger partial charge < -0.3 is 14.5 Å². The van der Waals surface area contributed by atoms with Crippen molar-refractivity contribution in [3.63, 3.8) is 0 Å². The number of hydrogen-bond donors (Lipinski definition) is 0. The number of ether oxygens (including phenoxy) is 1. The molecule has 6 nitrogen and oxygen atoms in total. The van der Waals surface area contributed by atoms with E-state index < -0.39 is 0 Å². The number of benzene rings is 1. The predicted octanol–water partition coefficient (Wildman–Crippen LogP) is 4.33. The van der Waals surface area contributed by atoms with Crippen LogP contribution in [0.2, 0.25) is 0 Å². The van der Waals surface area contributed by atoms with Crippen LogP contribution in [0.25, 0.3) is 0 Å². The van der Waals surface area contributed by atoms with Crippen LogP contribution in [0.4, 0.5) is 5.82 Å². The minimum atomic E-state index is 0.0889. The number of amides is 1. The fourth-order valence-corrected chi connectivity index (χ4v) is 4.88. The van der Waals surface area contributed by atoms with Crippen molar-refractivity contribution in [3.8, 4) is 0 Å². The number of aryl methyl sites for hydroxylation is 2. The van der Waals surface area contributed by atoms with E-state index in [0.717, 1.165) is 54.4 Å². The Kier molecular flexibility index (Phi) is 7.09. The first kappa shape index (κ1) is 22.7. The van der Waals surface area contributed by atoms with Gasteiger partial charge >= 0.3 is 0 Å². The molecule has 0 saturated carbocycles. The van der Waals surface area contributed by atoms with Crippen molar-refractivity contribution in [1.82, 2.24) is 14.9 Å². The number of fused-ring (bicyclic) bond motifs is 1. The number of hydrogen-bond acceptors (Lipinski definition) is 5. The zero-order chi connectivity index (χ0) is 22.7. The van der Waals surface area contributed by atoms with Crippen LogP contribution in [0, 0.1) is 6.92 Å². The van der Waals surface area contributed by atoms with E-state index in [1.54, 1.807) is 0 Å². The lowest BCUT2D eigenvalue weighted by Crippen LogP contribution is -2.47. The Morgan fingerprint density at radius 2 is 1.81 bits per heavy atom. The highest BCUT2D eigenvalue weighted by Gasteiger charge is 2.30. The van der Waals surface area contributed by atoms with Crippen LogP contribution >= 0.6 is 0 Å². The maximum atomic E-state index is 13.3. The van der Waals surface area contributed by atoms with Crippen molar-refractivity contribution < 1.29 is 9.53 Å². The van der Waals surface area contributed by atoms with Gasteiger partial charge in [-0.05, 0) is 51.3 Å². The molecule has 4 rings (SSSR count). The molecule has 32 heavy (non-hydrogen) atoms. The van der Waals surface area contributed by atoms with E-state index in [1.165, 1.54) is 24.8 Å². The molecule has 0 radical (unpaired) electrons. The lowest BCUT2D eigenvalue weighted by Gasteiger charge is -2.38. The zero-order valence-electron chi connectivity index (χ0n) is 19.9. The molecule has 6 heteroatoms. The maximum Gasteiger partial charge on any atom is 0.254 e. The molecule has 0 N–H and O–H groups in total. The lowest BCUT2D eigenvalue weighted by molar-refractivity contribution is -0.00560. The molecule has 2 atom stereocenters. The van der Waals surface area contributed by atoms with Gasteiger partial charge in [-0.15, -0.1) is 0 Å². The molecule has 0 bridgehead atoms. The molecule has 2 aromatic rings. The van der Waals surface area contributed by atoms with Crippen molar-refractivity contribution >= 4 is 11.7 Å². The van der Waals surface area contributed by atoms with Gasteiger partial charge in [-0.3, -0.25) is 4.79 Å². The van der Waals surface area contributed by atoms with E-state index in [1.807, 2.05) is 24.0 Å². The molecular formula is C26H36N4O2. The SMILES string of the molecule is CCCCCc1ccc(C(=O)N2CCc3nc(C)nc(N4CC(C)OC(C)C4)c3C2)cc1. The van der Waals surface area contributed by atoms with Gasteiger partial charge in [0.1, 0.15) is 11.6 Å². The summed E-state index contributed by atoms with van der Waals surface area (Å²) >= 11 is 0. The molecule has 1 aromatic heterocycles. The first-order valence-corrected chi connectivity index (χ1v) is 12.1. The lowest BCUT2D eigenvalue weighted by atomic mass is 10.0. The summed E-state index contributed by atoms with van der Waals surface area (Å²) in [5.41, 5.74) is 4.24. The van der Waals surface area contributed by atoms with Crippen LogP contribution in [0.5, 0.6) is 0 Å². The van der Waals surface area contributed by atoms with Crippen LogP contribution in [-0.4, -0.2) is 52.6 Å². The summed E-state index contributed by atoms with van der Waals surface area (Å²) in [5, 5.41) is 0. The van der Waals surface area contributed by atoms with Gasteiger partial charge in [0.2, 0.25) is 0 Å². The minimum absolute atomic E-state index is 0.0889. The van der Waals surface area contributed by atoms with Crippen LogP contribution in [0.3, 0.4) is 0 Å². The normalized spacial score (nSPS) is 20.9. The Morgan fingerprint density at radius 3 is 2.50 bits per heavy atom. The zero-order valence-corrected chi connectivity index (χ0v) is 19.9. The molecule has 1 aromatic carbocycles. The van der Waals surface area contributed by atoms with Gasteiger partial charge in [-0.2, -0.15) is 0 Å². The number of unbranched alkanes of at least 4 members (excludes halogenated alkanes) is 2. The molecule has 1 amide bonds. The summed E-state index contributed by atoms with van der Waals surface area (Å²) in [5.74, 6) is 1.85. The fourth-order valence-electron chi connectivity index (χ4n) is 4.88. The standard InChI is InChI=1S/C26H36N4O2/c1-5-6-7-8-21-9-11-22(12-10-21)26(31)29-14-13-24-23(17-29)25(28-20(4)27-24)30-15-18(2)32-19(3)16-30/h9-12,18-19H,5-8,13-17H2,1-4H3. The number of rotatable bonds is 6. The molecule has 1 fully saturated rings. The first-order valence-electron chi connectivity index (χ1n) is 12.1. The first-order chi connectivity index (χ1) is 15.4. The van der Waals surface area contributed by atoms with Gasteiger partial charge in [0, 0.05) is 37.2 Å². The Labute approximate surface area is 192 Å². The van der Waals surface area contributed by atoms with E-state index in [2.05, 4.69) is 37.8 Å². The van der Waals surface area contributed by atoms with Crippen LogP contribution in [-0.2, 0) is 24.1 Å². The topological polar surface area (TPSA) is 58.6 Å². The second-order valence-electron chi connectivity index (χ2n) is 9.31. The molecular weight excluding hydrogens is 400 g/mol. The molecule has 2 unspecified atom stereocenters. The molecule has 1 saturated heterocycles. The summed E-state index contributed by atoms with van der Waals surface area (Å²) in [4.78, 5) is 27.1. The van der Waals surface area contributed by atoms with Crippen molar-refractivity contribution in [1.29, 1.82) is 0 Å². The van der Waals surface area contributed by atoms with Crippen LogP contribution in [0.15, 0.2) is 24.3 Å². The average Bonchev–Trinajstić information content (AvgIpc) is 2.78. The second-order valence-corrected chi connectivity index (χ2v) is 9.31. The van der Waals surface area contributed by atoms with Gasteiger partial charge in [-0.1, -0.05) is 31.9 Å². The quantitative estimate of drug-likeness (QED) is 0.631. The van der Waals surface area contributed by atoms with E-state index >= 15 is 0 Å². The number of morpholine rings is 1. The van der Waals surface area contributed by atoms with E-state index in [0.29, 0.717) is 13.1 Å². The summed E-state index contributed by atoms with van der Waals surface area (Å²) in [6.07, 6.45) is 5.83. The second kappa shape index (κ2) is 9.99. The van der Waals surface area contributed by atoms with Gasteiger partial charge in [-0.25, -0.2) is 9.97 Å². The molecule has 3 heterocycles. The smallest absolute Gasteiger partial charge is 0.254 e. The van der Waals surface area contributed by atoms with Crippen molar-refractivity contribution in [3.05, 3.63) is 52.5 Å². The monoisotopic (exact) mass is 436 g/mol. The van der Waals surface area contributed by atoms with E-state index in [9.17, 15) is 4.79 Å². The highest BCUT2D eigenvalue weighted by molar-refractivity contribution is 5.94. The van der Waals surface area contributed by atoms with Gasteiger partial charge in [0.15, 0.2) is 0 Å². The third-order valence-electron chi connectivity index (χ3n) is 6.43. The summed E-state index contributed by atoms with van der Waals surface area (Å²) < 4.78 is 5.92. The van der Waals surface area contributed by atoms with Crippen molar-refractivity contribution in [2.75, 3.05) is 24.5 Å². The third kappa shape index (κ3) is 5.12. The Morgan fingerprint density at radius 1 is 1.09 bits per heavy atom. The Balaban J connectivity index is 1.52. The molecule has 172 valence electrons. The van der Waals surface area contributed by atoms with Crippen molar-refractivity contribution in [2.45, 2.75) is 78.6 Å². The fraction of sp³-hybridized carbons (Fsp3) is 0.577. The average molecular weight is 437 g/mol. The Hall–Kier alpha value is -2.47. The van der Waals surface area contributed by atoms with Crippen LogP contribution < -0.4 is 4.90 Å². The van der Waals surface area contributed by atoms with Gasteiger partial charge in [0.25, 0.3) is 5.91 Å². The Bertz CT molecular complexity index is 934. The van der Waals surface area contributed by atoms with Gasteiger partial charge in [0.05, 0.1) is 24.4 Å². The van der Waals surface area contributed by atoms with Crippen LogP contribution in [0.1, 0.15) is 73.0 Å². The highest BCUT2D eigenvalue weighted by Crippen LogP contribution is 2.29. The molecule has 0 aliphatic carbocycles. The predicted molar refractivity (Wildman–Crippen MR) is 127 cm³/mol. The maximum absolute atomic E-state index is 13.3. The number of anilines is 1.